The van der Waals surface area contributed by atoms with E-state index in [2.05, 4.69) is 51.2 Å². The van der Waals surface area contributed by atoms with Crippen LogP contribution in [-0.2, 0) is 13.6 Å². The number of rotatable bonds is 5. The second kappa shape index (κ2) is 10.1. The summed E-state index contributed by atoms with van der Waals surface area (Å²) < 4.78 is 2.02. The maximum absolute atomic E-state index is 4.90. The molecule has 0 atom stereocenters. The van der Waals surface area contributed by atoms with E-state index in [-0.39, 0.29) is 0 Å². The van der Waals surface area contributed by atoms with Gasteiger partial charge in [-0.15, -0.1) is 10.2 Å². The highest BCUT2D eigenvalue weighted by Gasteiger charge is 2.24. The van der Waals surface area contributed by atoms with Gasteiger partial charge in [0.2, 0.25) is 0 Å². The summed E-state index contributed by atoms with van der Waals surface area (Å²) in [7, 11) is 2.01. The first kappa shape index (κ1) is 20.9. The van der Waals surface area contributed by atoms with Crippen LogP contribution in [0, 0.1) is 6.92 Å². The lowest BCUT2D eigenvalue weighted by molar-refractivity contribution is 0.363. The van der Waals surface area contributed by atoms with Crippen molar-refractivity contribution in [1.82, 2.24) is 25.4 Å². The molecule has 6 nitrogen and oxygen atoms in total. The number of aryl methyl sites for hydroxylation is 1. The monoisotopic (exact) mass is 408 g/mol. The number of hydrogen-bond donors (Lipinski definition) is 2. The molecule has 0 bridgehead atoms. The van der Waals surface area contributed by atoms with Crippen LogP contribution in [0.15, 0.2) is 35.3 Å². The molecule has 0 amide bonds. The fraction of sp³-hybridized carbons (Fsp3) is 0.625. The standard InChI is InChI=1S/C24H36N6/c1-18-28-29-23(30(18)2)17-25-24(26-21-11-7-4-8-12-21)27-22-15-13-20(14-16-22)19-9-5-3-6-10-19/h3,5-6,9-10,20-22H,4,7-8,11-17H2,1-2H3,(H2,25,26,27). The van der Waals surface area contributed by atoms with Crippen LogP contribution in [-0.4, -0.2) is 32.8 Å². The molecule has 2 aromatic rings. The van der Waals surface area contributed by atoms with Crippen LogP contribution in [0.1, 0.15) is 80.9 Å². The van der Waals surface area contributed by atoms with Gasteiger partial charge >= 0.3 is 0 Å². The van der Waals surface area contributed by atoms with Gasteiger partial charge in [-0.3, -0.25) is 0 Å². The van der Waals surface area contributed by atoms with E-state index in [1.807, 2.05) is 18.5 Å². The molecule has 0 aliphatic heterocycles. The fourth-order valence-corrected chi connectivity index (χ4v) is 4.80. The van der Waals surface area contributed by atoms with Crippen LogP contribution >= 0.6 is 0 Å². The van der Waals surface area contributed by atoms with Crippen LogP contribution < -0.4 is 10.6 Å². The minimum absolute atomic E-state index is 0.487. The maximum atomic E-state index is 4.90. The van der Waals surface area contributed by atoms with Gasteiger partial charge in [0.1, 0.15) is 12.4 Å². The van der Waals surface area contributed by atoms with Crippen molar-refractivity contribution in [2.75, 3.05) is 0 Å². The Kier molecular flexibility index (Phi) is 7.03. The van der Waals surface area contributed by atoms with Crippen molar-refractivity contribution < 1.29 is 0 Å². The number of guanidine groups is 1. The summed E-state index contributed by atoms with van der Waals surface area (Å²) in [5.74, 6) is 3.47. The number of nitrogens with zero attached hydrogens (tertiary/aromatic N) is 4. The molecule has 2 aliphatic carbocycles. The van der Waals surface area contributed by atoms with E-state index >= 15 is 0 Å². The van der Waals surface area contributed by atoms with Gasteiger partial charge in [0.15, 0.2) is 11.8 Å². The summed E-state index contributed by atoms with van der Waals surface area (Å²) in [5.41, 5.74) is 1.49. The molecule has 2 N–H and O–H groups in total. The molecule has 2 fully saturated rings. The van der Waals surface area contributed by atoms with Gasteiger partial charge in [0.05, 0.1) is 0 Å². The number of aliphatic imine (C=N–C) groups is 1. The average Bonchev–Trinajstić information content (AvgIpc) is 3.11. The van der Waals surface area contributed by atoms with Crippen molar-refractivity contribution in [3.63, 3.8) is 0 Å². The molecule has 4 rings (SSSR count). The molecule has 0 spiro atoms. The van der Waals surface area contributed by atoms with Gasteiger partial charge in [0.25, 0.3) is 0 Å². The molecular formula is C24H36N6. The van der Waals surface area contributed by atoms with Gasteiger partial charge in [0, 0.05) is 19.1 Å². The first-order valence-corrected chi connectivity index (χ1v) is 11.7. The highest BCUT2D eigenvalue weighted by Crippen LogP contribution is 2.32. The summed E-state index contributed by atoms with van der Waals surface area (Å²) in [4.78, 5) is 4.90. The normalized spacial score (nSPS) is 23.3. The molecule has 2 aliphatic rings. The smallest absolute Gasteiger partial charge is 0.192 e. The molecular weight excluding hydrogens is 372 g/mol. The lowest BCUT2D eigenvalue weighted by atomic mass is 9.82. The molecule has 30 heavy (non-hydrogen) atoms. The van der Waals surface area contributed by atoms with Gasteiger partial charge in [-0.05, 0) is 56.9 Å². The first-order chi connectivity index (χ1) is 14.7. The quantitative estimate of drug-likeness (QED) is 0.574. The third-order valence-corrected chi connectivity index (χ3v) is 6.85. The molecule has 0 radical (unpaired) electrons. The highest BCUT2D eigenvalue weighted by molar-refractivity contribution is 5.80. The Morgan fingerprint density at radius 3 is 2.23 bits per heavy atom. The Labute approximate surface area is 180 Å². The largest absolute Gasteiger partial charge is 0.354 e. The minimum atomic E-state index is 0.487. The SMILES string of the molecule is Cc1nnc(CN=C(NC2CCCCC2)NC2CCC(c3ccccc3)CC2)n1C. The second-order valence-electron chi connectivity index (χ2n) is 8.97. The number of hydrogen-bond acceptors (Lipinski definition) is 3. The van der Waals surface area contributed by atoms with Crippen LogP contribution in [0.25, 0.3) is 0 Å². The van der Waals surface area contributed by atoms with Crippen molar-refractivity contribution >= 4 is 5.96 Å². The first-order valence-electron chi connectivity index (χ1n) is 11.7. The second-order valence-corrected chi connectivity index (χ2v) is 8.97. The van der Waals surface area contributed by atoms with Crippen LogP contribution in [0.2, 0.25) is 0 Å². The van der Waals surface area contributed by atoms with Gasteiger partial charge in [-0.1, -0.05) is 49.6 Å². The minimum Gasteiger partial charge on any atom is -0.354 e. The number of nitrogens with one attached hydrogen (secondary N) is 2. The zero-order valence-electron chi connectivity index (χ0n) is 18.5. The Bertz CT molecular complexity index is 813. The topological polar surface area (TPSA) is 67.1 Å². The van der Waals surface area contributed by atoms with Crippen molar-refractivity contribution in [2.45, 2.75) is 89.3 Å². The van der Waals surface area contributed by atoms with Crippen LogP contribution in [0.5, 0.6) is 0 Å². The van der Waals surface area contributed by atoms with E-state index in [4.69, 9.17) is 4.99 Å². The van der Waals surface area contributed by atoms with Crippen molar-refractivity contribution in [2.24, 2.45) is 12.0 Å². The van der Waals surface area contributed by atoms with Gasteiger partial charge < -0.3 is 15.2 Å². The van der Waals surface area contributed by atoms with Crippen molar-refractivity contribution in [3.05, 3.63) is 47.5 Å². The summed E-state index contributed by atoms with van der Waals surface area (Å²) >= 11 is 0. The predicted octanol–water partition coefficient (Wildman–Crippen LogP) is 4.22. The van der Waals surface area contributed by atoms with Crippen LogP contribution in [0.3, 0.4) is 0 Å². The number of aromatic nitrogens is 3. The highest BCUT2D eigenvalue weighted by atomic mass is 15.3. The predicted molar refractivity (Wildman–Crippen MR) is 121 cm³/mol. The number of benzene rings is 1. The van der Waals surface area contributed by atoms with Crippen LogP contribution in [0.4, 0.5) is 0 Å². The van der Waals surface area contributed by atoms with Gasteiger partial charge in [-0.2, -0.15) is 0 Å². The fourth-order valence-electron chi connectivity index (χ4n) is 4.80. The zero-order valence-corrected chi connectivity index (χ0v) is 18.5. The molecule has 0 saturated heterocycles. The maximum Gasteiger partial charge on any atom is 0.192 e. The van der Waals surface area contributed by atoms with E-state index in [0.29, 0.717) is 24.5 Å². The Balaban J connectivity index is 1.38. The Morgan fingerprint density at radius 1 is 0.933 bits per heavy atom. The molecule has 1 aromatic heterocycles. The summed E-state index contributed by atoms with van der Waals surface area (Å²) in [5, 5.41) is 15.9. The van der Waals surface area contributed by atoms with E-state index in [0.717, 1.165) is 17.6 Å². The lowest BCUT2D eigenvalue weighted by Crippen LogP contribution is -2.48. The van der Waals surface area contributed by atoms with E-state index in [9.17, 15) is 0 Å². The van der Waals surface area contributed by atoms with E-state index < -0.39 is 0 Å². The molecule has 2 saturated carbocycles. The molecule has 6 heteroatoms. The van der Waals surface area contributed by atoms with E-state index in [1.54, 1.807) is 0 Å². The Hall–Kier alpha value is -2.37. The molecule has 1 heterocycles. The summed E-state index contributed by atoms with van der Waals surface area (Å²) in [6, 6.07) is 12.0. The van der Waals surface area contributed by atoms with E-state index in [1.165, 1.54) is 63.4 Å². The van der Waals surface area contributed by atoms with Crippen molar-refractivity contribution in [1.29, 1.82) is 0 Å². The molecule has 1 aromatic carbocycles. The molecule has 162 valence electrons. The van der Waals surface area contributed by atoms with Crippen molar-refractivity contribution in [3.8, 4) is 0 Å². The molecule has 0 unspecified atom stereocenters. The third kappa shape index (κ3) is 5.41. The summed E-state index contributed by atoms with van der Waals surface area (Å²) in [6.07, 6.45) is 11.3. The Morgan fingerprint density at radius 2 is 1.60 bits per heavy atom. The van der Waals surface area contributed by atoms with Gasteiger partial charge in [-0.25, -0.2) is 4.99 Å². The third-order valence-electron chi connectivity index (χ3n) is 6.85. The average molecular weight is 409 g/mol. The summed E-state index contributed by atoms with van der Waals surface area (Å²) in [6.45, 7) is 2.53. The zero-order chi connectivity index (χ0) is 20.8. The lowest BCUT2D eigenvalue weighted by Gasteiger charge is -2.32.